The standard InChI is InChI=1S/C21H18N2O4S/c24-18(16-9-5-2-6-10-16)13-27-20(26)12-11-19(25)23-21-22-17(14-28-21)15-7-3-1-4-8-15/h1-10,14H,11-13H2,(H,22,23,25). The molecular formula is C21H18N2O4S. The number of ether oxygens (including phenoxy) is 1. The Hall–Kier alpha value is -3.32. The van der Waals surface area contributed by atoms with Crippen LogP contribution in [0, 0.1) is 0 Å². The highest BCUT2D eigenvalue weighted by Crippen LogP contribution is 2.24. The van der Waals surface area contributed by atoms with E-state index in [4.69, 9.17) is 4.74 Å². The summed E-state index contributed by atoms with van der Waals surface area (Å²) in [6.07, 6.45) is -0.149. The van der Waals surface area contributed by atoms with Crippen LogP contribution in [0.1, 0.15) is 23.2 Å². The summed E-state index contributed by atoms with van der Waals surface area (Å²) in [5.41, 5.74) is 2.22. The van der Waals surface area contributed by atoms with Gasteiger partial charge in [-0.1, -0.05) is 60.7 Å². The van der Waals surface area contributed by atoms with E-state index in [1.165, 1.54) is 11.3 Å². The van der Waals surface area contributed by atoms with Crippen LogP contribution < -0.4 is 5.32 Å². The monoisotopic (exact) mass is 394 g/mol. The summed E-state index contributed by atoms with van der Waals surface area (Å²) in [6.45, 7) is -0.336. The first-order chi connectivity index (χ1) is 13.6. The summed E-state index contributed by atoms with van der Waals surface area (Å²) in [5.74, 6) is -1.21. The van der Waals surface area contributed by atoms with Crippen molar-refractivity contribution in [3.63, 3.8) is 0 Å². The van der Waals surface area contributed by atoms with Crippen molar-refractivity contribution in [1.82, 2.24) is 4.98 Å². The predicted molar refractivity (Wildman–Crippen MR) is 107 cm³/mol. The Kier molecular flexibility index (Phi) is 6.64. The number of ketones is 1. The number of thiazole rings is 1. The van der Waals surface area contributed by atoms with Crippen molar-refractivity contribution in [3.8, 4) is 11.3 Å². The summed E-state index contributed by atoms with van der Waals surface area (Å²) in [4.78, 5) is 40.0. The average Bonchev–Trinajstić information content (AvgIpc) is 3.20. The smallest absolute Gasteiger partial charge is 0.306 e. The molecule has 0 aliphatic heterocycles. The third kappa shape index (κ3) is 5.59. The van der Waals surface area contributed by atoms with Gasteiger partial charge in [0.25, 0.3) is 0 Å². The molecule has 6 nitrogen and oxygen atoms in total. The Bertz CT molecular complexity index is 955. The number of esters is 1. The van der Waals surface area contributed by atoms with Gasteiger partial charge in [0.2, 0.25) is 5.91 Å². The third-order valence-corrected chi connectivity index (χ3v) is 4.59. The zero-order chi connectivity index (χ0) is 19.8. The van der Waals surface area contributed by atoms with Crippen LogP contribution in [0.5, 0.6) is 0 Å². The minimum Gasteiger partial charge on any atom is -0.457 e. The Labute approximate surface area is 166 Å². The number of hydrogen-bond donors (Lipinski definition) is 1. The Balaban J connectivity index is 1.41. The maximum atomic E-state index is 12.0. The van der Waals surface area contributed by atoms with Gasteiger partial charge in [-0.05, 0) is 0 Å². The number of carbonyl (C=O) groups is 3. The van der Waals surface area contributed by atoms with Gasteiger partial charge in [-0.3, -0.25) is 14.4 Å². The van der Waals surface area contributed by atoms with E-state index in [2.05, 4.69) is 10.3 Å². The van der Waals surface area contributed by atoms with Crippen LogP contribution in [-0.4, -0.2) is 29.3 Å². The van der Waals surface area contributed by atoms with Crippen molar-refractivity contribution in [2.24, 2.45) is 0 Å². The van der Waals surface area contributed by atoms with Crippen molar-refractivity contribution >= 4 is 34.1 Å². The Morgan fingerprint density at radius 2 is 1.61 bits per heavy atom. The lowest BCUT2D eigenvalue weighted by molar-refractivity contribution is -0.143. The second-order valence-electron chi connectivity index (χ2n) is 5.90. The minimum absolute atomic E-state index is 0.0430. The molecule has 0 saturated heterocycles. The summed E-state index contributed by atoms with van der Waals surface area (Å²) in [5, 5.41) is 5.00. The van der Waals surface area contributed by atoms with Crippen LogP contribution in [0.2, 0.25) is 0 Å². The topological polar surface area (TPSA) is 85.4 Å². The van der Waals surface area contributed by atoms with E-state index in [0.29, 0.717) is 10.7 Å². The molecule has 1 amide bonds. The third-order valence-electron chi connectivity index (χ3n) is 3.84. The van der Waals surface area contributed by atoms with E-state index in [1.807, 2.05) is 35.7 Å². The first kappa shape index (κ1) is 19.4. The molecule has 0 unspecified atom stereocenters. The van der Waals surface area contributed by atoms with Gasteiger partial charge in [0, 0.05) is 22.9 Å². The maximum absolute atomic E-state index is 12.0. The Morgan fingerprint density at radius 1 is 0.929 bits per heavy atom. The van der Waals surface area contributed by atoms with Crippen molar-refractivity contribution in [1.29, 1.82) is 0 Å². The summed E-state index contributed by atoms with van der Waals surface area (Å²) < 4.78 is 4.94. The van der Waals surface area contributed by atoms with Crippen LogP contribution in [0.25, 0.3) is 11.3 Å². The molecule has 28 heavy (non-hydrogen) atoms. The number of nitrogens with one attached hydrogen (secondary N) is 1. The fraction of sp³-hybridized carbons (Fsp3) is 0.143. The van der Waals surface area contributed by atoms with Gasteiger partial charge in [0.15, 0.2) is 17.5 Å². The largest absolute Gasteiger partial charge is 0.457 e. The lowest BCUT2D eigenvalue weighted by Crippen LogP contribution is -2.17. The molecule has 1 aromatic heterocycles. The number of carbonyl (C=O) groups excluding carboxylic acids is 3. The average molecular weight is 394 g/mol. The molecule has 0 saturated carbocycles. The highest BCUT2D eigenvalue weighted by Gasteiger charge is 2.13. The number of nitrogens with zero attached hydrogens (tertiary/aromatic N) is 1. The second kappa shape index (κ2) is 9.57. The molecule has 142 valence electrons. The SMILES string of the molecule is O=C(CCC(=O)OCC(=O)c1ccccc1)Nc1nc(-c2ccccc2)cs1. The molecule has 0 spiro atoms. The number of amides is 1. The Morgan fingerprint density at radius 3 is 2.32 bits per heavy atom. The molecule has 0 atom stereocenters. The van der Waals surface area contributed by atoms with E-state index in [1.54, 1.807) is 30.3 Å². The molecular weight excluding hydrogens is 376 g/mol. The van der Waals surface area contributed by atoms with E-state index >= 15 is 0 Å². The van der Waals surface area contributed by atoms with Gasteiger partial charge in [-0.15, -0.1) is 11.3 Å². The lowest BCUT2D eigenvalue weighted by atomic mass is 10.1. The van der Waals surface area contributed by atoms with Crippen LogP contribution >= 0.6 is 11.3 Å². The first-order valence-corrected chi connectivity index (χ1v) is 9.54. The van der Waals surface area contributed by atoms with Gasteiger partial charge in [0.1, 0.15) is 0 Å². The fourth-order valence-electron chi connectivity index (χ4n) is 2.40. The number of rotatable bonds is 8. The maximum Gasteiger partial charge on any atom is 0.306 e. The molecule has 2 aromatic carbocycles. The van der Waals surface area contributed by atoms with Gasteiger partial charge in [-0.2, -0.15) is 0 Å². The van der Waals surface area contributed by atoms with Crippen LogP contribution in [0.4, 0.5) is 5.13 Å². The lowest BCUT2D eigenvalue weighted by Gasteiger charge is -2.04. The molecule has 1 heterocycles. The van der Waals surface area contributed by atoms with Crippen molar-refractivity contribution < 1.29 is 19.1 Å². The molecule has 0 radical (unpaired) electrons. The molecule has 3 aromatic rings. The summed E-state index contributed by atoms with van der Waals surface area (Å²) in [6, 6.07) is 18.2. The van der Waals surface area contributed by atoms with Crippen molar-refractivity contribution in [2.75, 3.05) is 11.9 Å². The quantitative estimate of drug-likeness (QED) is 0.462. The number of benzene rings is 2. The van der Waals surface area contributed by atoms with Crippen LogP contribution in [-0.2, 0) is 14.3 Å². The highest BCUT2D eigenvalue weighted by molar-refractivity contribution is 7.14. The molecule has 0 aliphatic carbocycles. The second-order valence-corrected chi connectivity index (χ2v) is 6.76. The number of hydrogen-bond acceptors (Lipinski definition) is 6. The van der Waals surface area contributed by atoms with Crippen LogP contribution in [0.15, 0.2) is 66.0 Å². The van der Waals surface area contributed by atoms with Gasteiger partial charge >= 0.3 is 5.97 Å². The zero-order valence-electron chi connectivity index (χ0n) is 15.0. The molecule has 0 aliphatic rings. The summed E-state index contributed by atoms with van der Waals surface area (Å²) in [7, 11) is 0. The minimum atomic E-state index is -0.594. The number of aromatic nitrogens is 1. The molecule has 3 rings (SSSR count). The molecule has 0 fully saturated rings. The zero-order valence-corrected chi connectivity index (χ0v) is 15.8. The van der Waals surface area contributed by atoms with Gasteiger partial charge < -0.3 is 10.1 Å². The van der Waals surface area contributed by atoms with E-state index in [9.17, 15) is 14.4 Å². The predicted octanol–water partition coefficient (Wildman–Crippen LogP) is 3.95. The molecule has 1 N–H and O–H groups in total. The normalized spacial score (nSPS) is 10.3. The molecule has 7 heteroatoms. The van der Waals surface area contributed by atoms with Crippen molar-refractivity contribution in [3.05, 3.63) is 71.6 Å². The number of anilines is 1. The molecule has 0 bridgehead atoms. The van der Waals surface area contributed by atoms with E-state index in [0.717, 1.165) is 11.3 Å². The number of Topliss-reactive ketones (excluding diaryl/α,β-unsaturated/α-hetero) is 1. The summed E-state index contributed by atoms with van der Waals surface area (Å²) >= 11 is 1.31. The van der Waals surface area contributed by atoms with Crippen molar-refractivity contribution in [2.45, 2.75) is 12.8 Å². The van der Waals surface area contributed by atoms with E-state index < -0.39 is 5.97 Å². The van der Waals surface area contributed by atoms with Crippen LogP contribution in [0.3, 0.4) is 0 Å². The highest BCUT2D eigenvalue weighted by atomic mass is 32.1. The first-order valence-electron chi connectivity index (χ1n) is 8.66. The van der Waals surface area contributed by atoms with E-state index in [-0.39, 0.29) is 31.1 Å². The van der Waals surface area contributed by atoms with Gasteiger partial charge in [0.05, 0.1) is 12.1 Å². The van der Waals surface area contributed by atoms with Gasteiger partial charge in [-0.25, -0.2) is 4.98 Å². The fourth-order valence-corrected chi connectivity index (χ4v) is 3.13.